The summed E-state index contributed by atoms with van der Waals surface area (Å²) in [6.07, 6.45) is 15.3. The molecule has 6 heteroatoms. The van der Waals surface area contributed by atoms with Crippen LogP contribution >= 0.6 is 41.4 Å². The molecule has 0 aromatic heterocycles. The fraction of sp³-hybridized carbons (Fsp3) is 0.0714. The van der Waals surface area contributed by atoms with Crippen LogP contribution in [0.25, 0.3) is 0 Å². The Hall–Kier alpha value is -4.49. The van der Waals surface area contributed by atoms with Crippen molar-refractivity contribution in [3.05, 3.63) is 249 Å². The van der Waals surface area contributed by atoms with E-state index in [9.17, 15) is 0 Å². The van der Waals surface area contributed by atoms with Gasteiger partial charge in [0.2, 0.25) is 0 Å². The van der Waals surface area contributed by atoms with Crippen molar-refractivity contribution < 1.29 is 17.3 Å². The Balaban J connectivity index is 0.000000208. The summed E-state index contributed by atoms with van der Waals surface area (Å²) in [6, 6.07) is 88.4. The molecule has 0 aliphatic carbocycles. The van der Waals surface area contributed by atoms with Crippen molar-refractivity contribution in [2.45, 2.75) is 0 Å². The zero-order chi connectivity index (χ0) is 43.5. The molecule has 8 rings (SSSR count). The van der Waals surface area contributed by atoms with Gasteiger partial charge in [-0.05, 0) is 98.8 Å². The standard InChI is InChI=1S/2C26H24P2.C4H.ClH.Ru/c2*1-5-13-23(14-6-1)27(24-15-7-2-8-16-24)21-22-28(25-17-9-3-10-18-25)26-19-11-4-12-20-26;1-3-4-2;;/h2*1-20H,21-22H2;1H;1H;/q;;-1;;+2/p-1. The SMILES string of the molecule is [C-]#CC#C.[Cl][Ru+].c1ccc(P(CCP(c2ccccc2)c2ccccc2)c2ccccc2)cc1.c1ccc(P(CCP(c2ccccc2)c2ccccc2)c2ccccc2)cc1. The van der Waals surface area contributed by atoms with Crippen LogP contribution in [0.15, 0.2) is 243 Å². The molecule has 0 radical (unpaired) electrons. The van der Waals surface area contributed by atoms with Crippen LogP contribution in [0, 0.1) is 24.7 Å². The van der Waals surface area contributed by atoms with Gasteiger partial charge in [0.05, 0.1) is 0 Å². The van der Waals surface area contributed by atoms with E-state index in [4.69, 9.17) is 6.42 Å². The maximum atomic E-state index is 5.97. The number of hydrogen-bond donors (Lipinski definition) is 0. The largest absolute Gasteiger partial charge is 0.0622 e. The Morgan fingerprint density at radius 2 is 0.419 bits per heavy atom. The molecule has 308 valence electrons. The van der Waals surface area contributed by atoms with Crippen LogP contribution in [0.2, 0.25) is 0 Å². The normalized spacial score (nSPS) is 10.3. The molecule has 0 unspecified atom stereocenters. The molecular formula is C56H49ClP4Ru. The minimum absolute atomic E-state index is 0.348. The zero-order valence-electron chi connectivity index (χ0n) is 34.5. The van der Waals surface area contributed by atoms with Crippen molar-refractivity contribution in [1.82, 2.24) is 0 Å². The Morgan fingerprint density at radius 1 is 0.306 bits per heavy atom. The van der Waals surface area contributed by atoms with Gasteiger partial charge >= 0.3 is 27.0 Å². The third-order valence-corrected chi connectivity index (χ3v) is 20.5. The molecule has 62 heavy (non-hydrogen) atoms. The molecule has 0 atom stereocenters. The van der Waals surface area contributed by atoms with E-state index in [2.05, 4.69) is 259 Å². The smallest absolute Gasteiger partial charge is 0.0195 e. The van der Waals surface area contributed by atoms with E-state index in [0.717, 1.165) is 0 Å². The van der Waals surface area contributed by atoms with Gasteiger partial charge in [-0.15, -0.1) is 0 Å². The molecule has 0 aliphatic rings. The van der Waals surface area contributed by atoms with Gasteiger partial charge in [0.25, 0.3) is 0 Å². The first kappa shape index (κ1) is 48.5. The summed E-state index contributed by atoms with van der Waals surface area (Å²) in [7, 11) is 3.18. The molecule has 8 aromatic rings. The average molecular weight is 982 g/mol. The molecule has 0 spiro atoms. The van der Waals surface area contributed by atoms with Crippen LogP contribution in [0.1, 0.15) is 0 Å². The summed E-state index contributed by atoms with van der Waals surface area (Å²) in [6.45, 7) is 0. The van der Waals surface area contributed by atoms with Crippen molar-refractivity contribution in [2.75, 3.05) is 24.6 Å². The van der Waals surface area contributed by atoms with E-state index in [1.807, 2.05) is 23.2 Å². The molecular weight excluding hydrogens is 933 g/mol. The van der Waals surface area contributed by atoms with Gasteiger partial charge in [-0.2, -0.15) is 0 Å². The molecule has 0 fully saturated rings. The Bertz CT molecular complexity index is 1950. The number of terminal acetylenes is 1. The van der Waals surface area contributed by atoms with Crippen LogP contribution in [0.5, 0.6) is 0 Å². The molecule has 0 nitrogen and oxygen atoms in total. The van der Waals surface area contributed by atoms with Gasteiger partial charge in [-0.3, -0.25) is 11.8 Å². The maximum Gasteiger partial charge on any atom is -0.0195 e. The first-order valence-corrected chi connectivity index (χ1v) is 28.6. The van der Waals surface area contributed by atoms with Crippen LogP contribution in [-0.2, 0) is 17.3 Å². The zero-order valence-corrected chi connectivity index (χ0v) is 40.6. The van der Waals surface area contributed by atoms with Gasteiger partial charge in [-0.1, -0.05) is 243 Å². The topological polar surface area (TPSA) is 0 Å². The van der Waals surface area contributed by atoms with Gasteiger partial charge in [0, 0.05) is 0 Å². The van der Waals surface area contributed by atoms with Gasteiger partial charge in [0.15, 0.2) is 0 Å². The summed E-state index contributed by atoms with van der Waals surface area (Å²) >= 11 is 1.82. The first-order valence-electron chi connectivity index (χ1n) is 20.3. The maximum absolute atomic E-state index is 5.97. The third kappa shape index (κ3) is 15.7. The van der Waals surface area contributed by atoms with Gasteiger partial charge < -0.3 is 6.42 Å². The van der Waals surface area contributed by atoms with Crippen LogP contribution in [0.3, 0.4) is 0 Å². The van der Waals surface area contributed by atoms with E-state index in [1.54, 1.807) is 5.92 Å². The number of benzene rings is 8. The fourth-order valence-corrected chi connectivity index (χ4v) is 17.6. The predicted molar refractivity (Wildman–Crippen MR) is 278 cm³/mol. The first-order chi connectivity index (χ1) is 30.7. The molecule has 0 saturated carbocycles. The van der Waals surface area contributed by atoms with Crippen molar-refractivity contribution in [3.8, 4) is 18.3 Å². The molecule has 0 heterocycles. The molecule has 0 aliphatic heterocycles. The number of hydrogen-bond acceptors (Lipinski definition) is 0. The van der Waals surface area contributed by atoms with E-state index in [0.29, 0.717) is 0 Å². The summed E-state index contributed by atoms with van der Waals surface area (Å²) in [5, 5.41) is 11.8. The van der Waals surface area contributed by atoms with Crippen molar-refractivity contribution in [2.24, 2.45) is 0 Å². The van der Waals surface area contributed by atoms with E-state index < -0.39 is 0 Å². The van der Waals surface area contributed by atoms with E-state index in [-0.39, 0.29) is 31.7 Å². The van der Waals surface area contributed by atoms with Gasteiger partial charge in [-0.25, -0.2) is 6.42 Å². The monoisotopic (exact) mass is 982 g/mol. The minimum Gasteiger partial charge on any atom is -0.0622 e. The Labute approximate surface area is 390 Å². The number of rotatable bonds is 14. The van der Waals surface area contributed by atoms with E-state index >= 15 is 0 Å². The summed E-state index contributed by atoms with van der Waals surface area (Å²) in [4.78, 5) is 0. The molecule has 0 bridgehead atoms. The van der Waals surface area contributed by atoms with Crippen molar-refractivity contribution in [3.63, 3.8) is 0 Å². The van der Waals surface area contributed by atoms with Crippen LogP contribution in [-0.4, -0.2) is 24.6 Å². The molecule has 0 saturated heterocycles. The Morgan fingerprint density at radius 3 is 0.516 bits per heavy atom. The van der Waals surface area contributed by atoms with E-state index in [1.165, 1.54) is 67.1 Å². The second-order valence-electron chi connectivity index (χ2n) is 13.6. The second kappa shape index (κ2) is 29.0. The number of halogens is 1. The summed E-state index contributed by atoms with van der Waals surface area (Å²) in [5.74, 6) is 3.56. The van der Waals surface area contributed by atoms with Crippen molar-refractivity contribution in [1.29, 1.82) is 0 Å². The fourth-order valence-electron chi connectivity index (χ4n) is 6.89. The molecule has 0 N–H and O–H groups in total. The predicted octanol–water partition coefficient (Wildman–Crippen LogP) is 11.4. The second-order valence-corrected chi connectivity index (χ2v) is 22.9. The van der Waals surface area contributed by atoms with Gasteiger partial charge in [0.1, 0.15) is 0 Å². The van der Waals surface area contributed by atoms with Crippen LogP contribution in [0.4, 0.5) is 0 Å². The Kier molecular flexibility index (Phi) is 22.7. The summed E-state index contributed by atoms with van der Waals surface area (Å²) in [5.41, 5.74) is 0. The van der Waals surface area contributed by atoms with Crippen molar-refractivity contribution >= 4 is 83.8 Å². The quantitative estimate of drug-likeness (QED) is 0.0441. The molecule has 0 amide bonds. The molecule has 8 aromatic carbocycles. The summed E-state index contributed by atoms with van der Waals surface area (Å²) < 4.78 is 0. The third-order valence-electron chi connectivity index (χ3n) is 9.71. The minimum atomic E-state index is -0.348. The van der Waals surface area contributed by atoms with Crippen LogP contribution < -0.4 is 42.4 Å². The average Bonchev–Trinajstić information content (AvgIpc) is 3.37.